The molecule has 20 heavy (non-hydrogen) atoms. The number of carbonyl (C=O) groups is 2. The van der Waals surface area contributed by atoms with E-state index in [-0.39, 0.29) is 23.5 Å². The van der Waals surface area contributed by atoms with Crippen molar-refractivity contribution in [2.45, 2.75) is 13.5 Å². The fraction of sp³-hybridized carbons (Fsp3) is 0.154. The third kappa shape index (κ3) is 2.84. The predicted molar refractivity (Wildman–Crippen MR) is 76.1 cm³/mol. The number of thiazole rings is 1. The smallest absolute Gasteiger partial charge is 0.338 e. The second kappa shape index (κ2) is 5.81. The second-order valence-corrected chi connectivity index (χ2v) is 5.03. The first kappa shape index (κ1) is 14.2. The van der Waals surface area contributed by atoms with E-state index in [2.05, 4.69) is 10.3 Å². The first-order valence-electron chi connectivity index (χ1n) is 5.81. The van der Waals surface area contributed by atoms with Gasteiger partial charge in [-0.25, -0.2) is 9.78 Å². The highest BCUT2D eigenvalue weighted by Gasteiger charge is 2.17. The van der Waals surface area contributed by atoms with E-state index in [4.69, 9.17) is 5.73 Å². The summed E-state index contributed by atoms with van der Waals surface area (Å²) < 4.78 is 0. The van der Waals surface area contributed by atoms with Crippen molar-refractivity contribution in [3.63, 3.8) is 0 Å². The molecule has 2 rings (SSSR count). The maximum Gasteiger partial charge on any atom is 0.338 e. The number of rotatable bonds is 4. The Morgan fingerprint density at radius 2 is 2.20 bits per heavy atom. The molecular weight excluding hydrogens is 278 g/mol. The van der Waals surface area contributed by atoms with Gasteiger partial charge in [-0.15, -0.1) is 11.3 Å². The number of carboxylic acid groups (broad SMARTS) is 1. The van der Waals surface area contributed by atoms with Gasteiger partial charge in [-0.2, -0.15) is 0 Å². The molecule has 1 heterocycles. The molecule has 0 saturated heterocycles. The highest BCUT2D eigenvalue weighted by Crippen LogP contribution is 2.20. The van der Waals surface area contributed by atoms with Crippen molar-refractivity contribution in [1.82, 2.24) is 4.98 Å². The molecule has 0 spiro atoms. The highest BCUT2D eigenvalue weighted by atomic mass is 32.1. The van der Waals surface area contributed by atoms with E-state index >= 15 is 0 Å². The van der Waals surface area contributed by atoms with Gasteiger partial charge >= 0.3 is 5.97 Å². The first-order valence-corrected chi connectivity index (χ1v) is 6.69. The molecule has 0 radical (unpaired) electrons. The number of hydrogen-bond donors (Lipinski definition) is 3. The van der Waals surface area contributed by atoms with Crippen LogP contribution in [0.2, 0.25) is 0 Å². The van der Waals surface area contributed by atoms with Crippen molar-refractivity contribution in [3.05, 3.63) is 45.4 Å². The largest absolute Gasteiger partial charge is 0.478 e. The van der Waals surface area contributed by atoms with E-state index in [1.807, 2.05) is 0 Å². The molecule has 0 atom stereocenters. The maximum absolute atomic E-state index is 12.0. The number of aromatic nitrogens is 1. The van der Waals surface area contributed by atoms with Crippen LogP contribution in [0.3, 0.4) is 0 Å². The summed E-state index contributed by atoms with van der Waals surface area (Å²) in [6.45, 7) is 1.94. The third-order valence-corrected chi connectivity index (χ3v) is 3.57. The lowest BCUT2D eigenvalue weighted by molar-refractivity contribution is 0.0697. The van der Waals surface area contributed by atoms with E-state index in [0.29, 0.717) is 10.6 Å². The van der Waals surface area contributed by atoms with Gasteiger partial charge in [0.2, 0.25) is 0 Å². The molecule has 104 valence electrons. The maximum atomic E-state index is 12.0. The Bertz CT molecular complexity index is 667. The molecule has 0 aliphatic rings. The number of aryl methyl sites for hydroxylation is 1. The minimum atomic E-state index is -1.08. The van der Waals surface area contributed by atoms with E-state index in [1.54, 1.807) is 30.5 Å². The Morgan fingerprint density at radius 3 is 2.80 bits per heavy atom. The van der Waals surface area contributed by atoms with E-state index in [9.17, 15) is 14.7 Å². The summed E-state index contributed by atoms with van der Waals surface area (Å²) in [6.07, 6.45) is 0. The number of carbonyl (C=O) groups excluding carboxylic acids is 1. The van der Waals surface area contributed by atoms with Crippen molar-refractivity contribution in [3.8, 4) is 0 Å². The van der Waals surface area contributed by atoms with Gasteiger partial charge in [0.15, 0.2) is 0 Å². The van der Waals surface area contributed by atoms with E-state index in [0.717, 1.165) is 0 Å². The number of carboxylic acids is 1. The zero-order valence-corrected chi connectivity index (χ0v) is 11.5. The van der Waals surface area contributed by atoms with Gasteiger partial charge in [-0.1, -0.05) is 12.1 Å². The normalized spacial score (nSPS) is 10.3. The van der Waals surface area contributed by atoms with Crippen LogP contribution in [0.1, 0.15) is 31.4 Å². The Labute approximate surface area is 119 Å². The molecule has 0 fully saturated rings. The zero-order valence-electron chi connectivity index (χ0n) is 10.7. The van der Waals surface area contributed by atoms with E-state index in [1.165, 1.54) is 11.3 Å². The van der Waals surface area contributed by atoms with Crippen LogP contribution in [0.25, 0.3) is 0 Å². The monoisotopic (exact) mass is 291 g/mol. The number of hydrogen-bond acceptors (Lipinski definition) is 5. The fourth-order valence-electron chi connectivity index (χ4n) is 1.75. The SMILES string of the molecule is Cc1cccc(NC(=O)c2csc(CN)n2)c1C(=O)O. The Kier molecular flexibility index (Phi) is 4.11. The van der Waals surface area contributed by atoms with Crippen LogP contribution in [0.15, 0.2) is 23.6 Å². The summed E-state index contributed by atoms with van der Waals surface area (Å²) in [5, 5.41) is 14.0. The van der Waals surface area contributed by atoms with Crippen molar-refractivity contribution >= 4 is 28.9 Å². The molecule has 6 nitrogen and oxygen atoms in total. The molecule has 1 amide bonds. The van der Waals surface area contributed by atoms with Crippen LogP contribution in [-0.4, -0.2) is 22.0 Å². The minimum Gasteiger partial charge on any atom is -0.478 e. The number of nitrogens with zero attached hydrogens (tertiary/aromatic N) is 1. The number of amides is 1. The number of nitrogens with two attached hydrogens (primary N) is 1. The Balaban J connectivity index is 2.28. The summed E-state index contributed by atoms with van der Waals surface area (Å²) in [6, 6.07) is 4.91. The highest BCUT2D eigenvalue weighted by molar-refractivity contribution is 7.09. The Morgan fingerprint density at radius 1 is 1.45 bits per heavy atom. The zero-order chi connectivity index (χ0) is 14.7. The van der Waals surface area contributed by atoms with Crippen molar-refractivity contribution in [2.24, 2.45) is 5.73 Å². The van der Waals surface area contributed by atoms with Crippen LogP contribution in [0, 0.1) is 6.92 Å². The molecule has 0 bridgehead atoms. The molecule has 0 aliphatic carbocycles. The predicted octanol–water partition coefficient (Wildman–Crippen LogP) is 1.86. The summed E-state index contributed by atoms with van der Waals surface area (Å²) in [5.41, 5.74) is 6.58. The number of aromatic carboxylic acids is 1. The first-order chi connectivity index (χ1) is 9.52. The summed E-state index contributed by atoms with van der Waals surface area (Å²) in [4.78, 5) is 27.3. The molecule has 1 aromatic carbocycles. The quantitative estimate of drug-likeness (QED) is 0.797. The Hall–Kier alpha value is -2.25. The minimum absolute atomic E-state index is 0.0788. The molecule has 1 aromatic heterocycles. The lowest BCUT2D eigenvalue weighted by atomic mass is 10.1. The standard InChI is InChI=1S/C13H13N3O3S/c1-7-3-2-4-8(11(7)13(18)19)16-12(17)9-6-20-10(5-14)15-9/h2-4,6H,5,14H2,1H3,(H,16,17)(H,18,19). The summed E-state index contributed by atoms with van der Waals surface area (Å²) >= 11 is 1.29. The summed E-state index contributed by atoms with van der Waals surface area (Å²) in [7, 11) is 0. The molecular formula is C13H13N3O3S. The van der Waals surface area contributed by atoms with Crippen LogP contribution >= 0.6 is 11.3 Å². The molecule has 2 aromatic rings. The van der Waals surface area contributed by atoms with Crippen LogP contribution < -0.4 is 11.1 Å². The topological polar surface area (TPSA) is 105 Å². The van der Waals surface area contributed by atoms with Gasteiger partial charge in [0.25, 0.3) is 5.91 Å². The summed E-state index contributed by atoms with van der Waals surface area (Å²) in [5.74, 6) is -1.53. The molecule has 0 saturated carbocycles. The average molecular weight is 291 g/mol. The van der Waals surface area contributed by atoms with Crippen molar-refractivity contribution in [2.75, 3.05) is 5.32 Å². The van der Waals surface area contributed by atoms with Gasteiger partial charge in [0.05, 0.1) is 11.3 Å². The van der Waals surface area contributed by atoms with Crippen LogP contribution in [0.5, 0.6) is 0 Å². The number of nitrogens with one attached hydrogen (secondary N) is 1. The van der Waals surface area contributed by atoms with Gasteiger partial charge < -0.3 is 16.2 Å². The second-order valence-electron chi connectivity index (χ2n) is 4.09. The van der Waals surface area contributed by atoms with Crippen molar-refractivity contribution in [1.29, 1.82) is 0 Å². The molecule has 0 unspecified atom stereocenters. The van der Waals surface area contributed by atoms with Gasteiger partial charge in [0, 0.05) is 11.9 Å². The van der Waals surface area contributed by atoms with Gasteiger partial charge in [-0.05, 0) is 18.6 Å². The third-order valence-electron chi connectivity index (χ3n) is 2.69. The van der Waals surface area contributed by atoms with Crippen molar-refractivity contribution < 1.29 is 14.7 Å². The fourth-order valence-corrected chi connectivity index (χ4v) is 2.41. The lowest BCUT2D eigenvalue weighted by Crippen LogP contribution is -2.16. The number of anilines is 1. The molecule has 7 heteroatoms. The molecule has 0 aliphatic heterocycles. The van der Waals surface area contributed by atoms with Crippen LogP contribution in [-0.2, 0) is 6.54 Å². The average Bonchev–Trinajstić information content (AvgIpc) is 2.87. The van der Waals surface area contributed by atoms with Crippen LogP contribution in [0.4, 0.5) is 5.69 Å². The van der Waals surface area contributed by atoms with E-state index < -0.39 is 11.9 Å². The lowest BCUT2D eigenvalue weighted by Gasteiger charge is -2.09. The van der Waals surface area contributed by atoms with Gasteiger partial charge in [0.1, 0.15) is 10.7 Å². The number of benzene rings is 1. The van der Waals surface area contributed by atoms with Gasteiger partial charge in [-0.3, -0.25) is 4.79 Å². The molecule has 4 N–H and O–H groups in total.